The van der Waals surface area contributed by atoms with Crippen LogP contribution >= 0.6 is 11.3 Å². The highest BCUT2D eigenvalue weighted by Gasteiger charge is 2.25. The lowest BCUT2D eigenvalue weighted by atomic mass is 10.0. The van der Waals surface area contributed by atoms with E-state index in [1.807, 2.05) is 25.7 Å². The topological polar surface area (TPSA) is 45.2 Å². The van der Waals surface area contributed by atoms with Crippen molar-refractivity contribution >= 4 is 17.2 Å². The van der Waals surface area contributed by atoms with Gasteiger partial charge in [-0.1, -0.05) is 13.8 Å². The average Bonchev–Trinajstić information content (AvgIpc) is 2.85. The van der Waals surface area contributed by atoms with Gasteiger partial charge in [-0.3, -0.25) is 4.79 Å². The van der Waals surface area contributed by atoms with Gasteiger partial charge in [0, 0.05) is 36.5 Å². The van der Waals surface area contributed by atoms with Gasteiger partial charge in [-0.25, -0.2) is 4.98 Å². The molecule has 1 N–H and O–H groups in total. The predicted octanol–water partition coefficient (Wildman–Crippen LogP) is 2.75. The van der Waals surface area contributed by atoms with Gasteiger partial charge in [-0.2, -0.15) is 0 Å². The van der Waals surface area contributed by atoms with E-state index in [1.54, 1.807) is 11.3 Å². The van der Waals surface area contributed by atoms with Crippen LogP contribution < -0.4 is 5.32 Å². The number of hydrogen-bond donors (Lipinski definition) is 1. The summed E-state index contributed by atoms with van der Waals surface area (Å²) < 4.78 is 0. The first kappa shape index (κ1) is 15.4. The van der Waals surface area contributed by atoms with Crippen LogP contribution in [-0.4, -0.2) is 34.9 Å². The molecular weight excluding hydrogens is 270 g/mol. The van der Waals surface area contributed by atoms with Gasteiger partial charge in [0.1, 0.15) is 0 Å². The first-order chi connectivity index (χ1) is 9.47. The number of rotatable bonds is 4. The van der Waals surface area contributed by atoms with Crippen molar-refractivity contribution in [2.24, 2.45) is 5.92 Å². The Labute approximate surface area is 125 Å². The third-order valence-electron chi connectivity index (χ3n) is 3.87. The van der Waals surface area contributed by atoms with Crippen LogP contribution in [0.25, 0.3) is 0 Å². The summed E-state index contributed by atoms with van der Waals surface area (Å²) in [6.07, 6.45) is 2.07. The van der Waals surface area contributed by atoms with Crippen molar-refractivity contribution in [3.05, 3.63) is 16.1 Å². The summed E-state index contributed by atoms with van der Waals surface area (Å²) in [5, 5.41) is 6.89. The summed E-state index contributed by atoms with van der Waals surface area (Å²) in [5.41, 5.74) is 1.13. The summed E-state index contributed by atoms with van der Waals surface area (Å²) in [6.45, 7) is 9.89. The van der Waals surface area contributed by atoms with Gasteiger partial charge in [0.15, 0.2) is 0 Å². The smallest absolute Gasteiger partial charge is 0.225 e. The highest BCUT2D eigenvalue weighted by atomic mass is 32.1. The first-order valence-corrected chi connectivity index (χ1v) is 8.32. The van der Waals surface area contributed by atoms with Gasteiger partial charge in [0.25, 0.3) is 0 Å². The number of aryl methyl sites for hydroxylation is 1. The Morgan fingerprint density at radius 2 is 2.05 bits per heavy atom. The van der Waals surface area contributed by atoms with Crippen molar-refractivity contribution < 1.29 is 4.79 Å². The van der Waals surface area contributed by atoms with E-state index < -0.39 is 0 Å². The fraction of sp³-hybridized carbons (Fsp3) is 0.733. The van der Waals surface area contributed by atoms with E-state index in [2.05, 4.69) is 22.6 Å². The average molecular weight is 295 g/mol. The van der Waals surface area contributed by atoms with E-state index in [-0.39, 0.29) is 17.9 Å². The maximum absolute atomic E-state index is 11.9. The summed E-state index contributed by atoms with van der Waals surface area (Å²) in [7, 11) is 0. The normalized spacial score (nSPS) is 18.6. The molecule has 2 rings (SSSR count). The molecule has 1 aromatic heterocycles. The Bertz CT molecular complexity index is 450. The fourth-order valence-electron chi connectivity index (χ4n) is 2.65. The molecule has 1 saturated heterocycles. The van der Waals surface area contributed by atoms with Gasteiger partial charge < -0.3 is 10.2 Å². The van der Waals surface area contributed by atoms with Crippen LogP contribution in [0.4, 0.5) is 0 Å². The maximum atomic E-state index is 11.9. The highest BCUT2D eigenvalue weighted by Crippen LogP contribution is 2.19. The molecule has 20 heavy (non-hydrogen) atoms. The summed E-state index contributed by atoms with van der Waals surface area (Å²) in [4.78, 5) is 18.5. The molecule has 1 aliphatic heterocycles. The molecule has 1 unspecified atom stereocenters. The van der Waals surface area contributed by atoms with E-state index >= 15 is 0 Å². The molecular formula is C15H25N3OS. The molecule has 1 aromatic rings. The van der Waals surface area contributed by atoms with Crippen LogP contribution in [0, 0.1) is 12.8 Å². The number of carbonyl (C=O) groups is 1. The maximum Gasteiger partial charge on any atom is 0.225 e. The van der Waals surface area contributed by atoms with Crippen molar-refractivity contribution in [2.75, 3.05) is 13.1 Å². The van der Waals surface area contributed by atoms with Crippen LogP contribution in [0.3, 0.4) is 0 Å². The highest BCUT2D eigenvalue weighted by molar-refractivity contribution is 7.09. The van der Waals surface area contributed by atoms with Crippen molar-refractivity contribution in [3.8, 4) is 0 Å². The number of piperidine rings is 1. The molecule has 0 bridgehead atoms. The van der Waals surface area contributed by atoms with Crippen LogP contribution in [0.1, 0.15) is 50.4 Å². The van der Waals surface area contributed by atoms with Crippen LogP contribution in [0.2, 0.25) is 0 Å². The van der Waals surface area contributed by atoms with Crippen molar-refractivity contribution in [1.82, 2.24) is 15.2 Å². The molecule has 0 spiro atoms. The standard InChI is InChI=1S/C15H25N3OS/c1-10(2)15(19)18-7-5-13(6-8-18)16-11(3)14-9-20-12(4)17-14/h9-11,13,16H,5-8H2,1-4H3. The Morgan fingerprint density at radius 3 is 2.55 bits per heavy atom. The zero-order valence-electron chi connectivity index (χ0n) is 12.8. The van der Waals surface area contributed by atoms with Crippen molar-refractivity contribution in [1.29, 1.82) is 0 Å². The van der Waals surface area contributed by atoms with Gasteiger partial charge in [0.05, 0.1) is 10.7 Å². The molecule has 1 atom stereocenters. The Morgan fingerprint density at radius 1 is 1.40 bits per heavy atom. The predicted molar refractivity (Wildman–Crippen MR) is 82.8 cm³/mol. The lowest BCUT2D eigenvalue weighted by Crippen LogP contribution is -2.46. The number of thiazole rings is 1. The van der Waals surface area contributed by atoms with Gasteiger partial charge in [-0.05, 0) is 26.7 Å². The van der Waals surface area contributed by atoms with Crippen molar-refractivity contribution in [3.63, 3.8) is 0 Å². The first-order valence-electron chi connectivity index (χ1n) is 7.44. The van der Waals surface area contributed by atoms with E-state index in [0.29, 0.717) is 6.04 Å². The van der Waals surface area contributed by atoms with Gasteiger partial charge in [-0.15, -0.1) is 11.3 Å². The molecule has 0 aliphatic carbocycles. The fourth-order valence-corrected chi connectivity index (χ4v) is 3.36. The number of nitrogens with one attached hydrogen (secondary N) is 1. The third-order valence-corrected chi connectivity index (χ3v) is 4.66. The summed E-state index contributed by atoms with van der Waals surface area (Å²) >= 11 is 1.70. The number of nitrogens with zero attached hydrogens (tertiary/aromatic N) is 2. The van der Waals surface area contributed by atoms with E-state index in [9.17, 15) is 4.79 Å². The van der Waals surface area contributed by atoms with E-state index in [0.717, 1.165) is 36.6 Å². The minimum Gasteiger partial charge on any atom is -0.342 e. The van der Waals surface area contributed by atoms with Crippen LogP contribution in [0.15, 0.2) is 5.38 Å². The largest absolute Gasteiger partial charge is 0.342 e. The van der Waals surface area contributed by atoms with Gasteiger partial charge in [0.2, 0.25) is 5.91 Å². The Hall–Kier alpha value is -0.940. The van der Waals surface area contributed by atoms with Crippen LogP contribution in [-0.2, 0) is 4.79 Å². The molecule has 112 valence electrons. The SMILES string of the molecule is Cc1nc(C(C)NC2CCN(C(=O)C(C)C)CC2)cs1. The third kappa shape index (κ3) is 3.79. The number of aromatic nitrogens is 1. The number of carbonyl (C=O) groups excluding carboxylic acids is 1. The number of likely N-dealkylation sites (tertiary alicyclic amines) is 1. The lowest BCUT2D eigenvalue weighted by molar-refractivity contribution is -0.135. The Kier molecular flexibility index (Phi) is 5.16. The number of amides is 1. The molecule has 5 heteroatoms. The quantitative estimate of drug-likeness (QED) is 0.929. The monoisotopic (exact) mass is 295 g/mol. The second kappa shape index (κ2) is 6.68. The molecule has 0 aromatic carbocycles. The minimum absolute atomic E-state index is 0.108. The summed E-state index contributed by atoms with van der Waals surface area (Å²) in [5.74, 6) is 0.392. The molecule has 1 fully saturated rings. The van der Waals surface area contributed by atoms with Crippen LogP contribution in [0.5, 0.6) is 0 Å². The zero-order chi connectivity index (χ0) is 14.7. The minimum atomic E-state index is 0.108. The molecule has 1 aliphatic rings. The molecule has 4 nitrogen and oxygen atoms in total. The molecule has 2 heterocycles. The molecule has 0 saturated carbocycles. The van der Waals surface area contributed by atoms with E-state index in [1.165, 1.54) is 0 Å². The second-order valence-electron chi connectivity index (χ2n) is 5.93. The zero-order valence-corrected chi connectivity index (χ0v) is 13.7. The Balaban J connectivity index is 1.81. The second-order valence-corrected chi connectivity index (χ2v) is 7.00. The molecule has 1 amide bonds. The van der Waals surface area contributed by atoms with E-state index in [4.69, 9.17) is 0 Å². The lowest BCUT2D eigenvalue weighted by Gasteiger charge is -2.34. The molecule has 0 radical (unpaired) electrons. The van der Waals surface area contributed by atoms with Gasteiger partial charge >= 0.3 is 0 Å². The number of hydrogen-bond acceptors (Lipinski definition) is 4. The van der Waals surface area contributed by atoms with Crippen molar-refractivity contribution in [2.45, 2.75) is 52.6 Å². The summed E-state index contributed by atoms with van der Waals surface area (Å²) in [6, 6.07) is 0.778.